The number of rotatable bonds is 6. The van der Waals surface area contributed by atoms with Crippen molar-refractivity contribution < 1.29 is 12.8 Å². The number of unbranched alkanes of at least 4 members (excludes halogenated alkanes) is 2. The smallest absolute Gasteiger partial charge is 0.212 e. The zero-order valence-electron chi connectivity index (χ0n) is 12.7. The van der Waals surface area contributed by atoms with Crippen LogP contribution in [0.25, 0.3) is 0 Å². The summed E-state index contributed by atoms with van der Waals surface area (Å²) in [6.07, 6.45) is 2.22. The number of benzene rings is 1. The summed E-state index contributed by atoms with van der Waals surface area (Å²) < 4.78 is 40.1. The minimum Gasteiger partial charge on any atom is -0.212 e. The van der Waals surface area contributed by atoms with Crippen molar-refractivity contribution in [3.8, 4) is 6.07 Å². The van der Waals surface area contributed by atoms with Gasteiger partial charge in [0.1, 0.15) is 5.82 Å². The highest BCUT2D eigenvalue weighted by Gasteiger charge is 2.39. The average molecular weight is 324 g/mol. The van der Waals surface area contributed by atoms with Crippen LogP contribution in [-0.2, 0) is 10.0 Å². The Labute approximate surface area is 131 Å². The van der Waals surface area contributed by atoms with Gasteiger partial charge in [0.25, 0.3) is 0 Å². The standard InChI is InChI=1S/C16H21FN2O2S/c1-13-8-10-19(22(20,21)11-4-2-3-9-18)16(13)14-6-5-7-15(17)12-14/h5-7,12-13,16H,2-4,8,10-11H2,1H3/t13-,16+/m1/s1. The Morgan fingerprint density at radius 3 is 2.86 bits per heavy atom. The first-order chi connectivity index (χ1) is 10.5. The second kappa shape index (κ2) is 7.21. The summed E-state index contributed by atoms with van der Waals surface area (Å²) in [6, 6.07) is 7.92. The molecule has 1 fully saturated rings. The van der Waals surface area contributed by atoms with E-state index in [0.29, 0.717) is 31.4 Å². The van der Waals surface area contributed by atoms with Gasteiger partial charge in [0, 0.05) is 13.0 Å². The third kappa shape index (κ3) is 3.84. The van der Waals surface area contributed by atoms with E-state index in [2.05, 4.69) is 0 Å². The van der Waals surface area contributed by atoms with Crippen LogP contribution in [-0.4, -0.2) is 25.0 Å². The van der Waals surface area contributed by atoms with Crippen LogP contribution in [0.1, 0.15) is 44.2 Å². The monoisotopic (exact) mass is 324 g/mol. The fourth-order valence-electron chi connectivity index (χ4n) is 3.01. The molecule has 6 heteroatoms. The molecule has 0 spiro atoms. The summed E-state index contributed by atoms with van der Waals surface area (Å²) in [6.45, 7) is 2.48. The highest BCUT2D eigenvalue weighted by atomic mass is 32.2. The molecular weight excluding hydrogens is 303 g/mol. The summed E-state index contributed by atoms with van der Waals surface area (Å²) in [5, 5.41) is 8.51. The number of nitrogens with zero attached hydrogens (tertiary/aromatic N) is 2. The van der Waals surface area contributed by atoms with E-state index in [-0.39, 0.29) is 23.5 Å². The van der Waals surface area contributed by atoms with Crippen molar-refractivity contribution in [2.24, 2.45) is 5.92 Å². The molecular formula is C16H21FN2O2S. The van der Waals surface area contributed by atoms with E-state index in [0.717, 1.165) is 6.42 Å². The first-order valence-corrected chi connectivity index (χ1v) is 9.18. The lowest BCUT2D eigenvalue weighted by Crippen LogP contribution is -2.33. The van der Waals surface area contributed by atoms with Gasteiger partial charge in [0.15, 0.2) is 0 Å². The first-order valence-electron chi connectivity index (χ1n) is 7.57. The molecule has 0 N–H and O–H groups in total. The zero-order chi connectivity index (χ0) is 16.2. The van der Waals surface area contributed by atoms with Gasteiger partial charge in [0.2, 0.25) is 10.0 Å². The largest absolute Gasteiger partial charge is 0.214 e. The van der Waals surface area contributed by atoms with Gasteiger partial charge in [-0.25, -0.2) is 12.8 Å². The number of nitriles is 1. The Morgan fingerprint density at radius 1 is 1.41 bits per heavy atom. The van der Waals surface area contributed by atoms with Crippen LogP contribution < -0.4 is 0 Å². The maximum absolute atomic E-state index is 13.5. The fourth-order valence-corrected chi connectivity index (χ4v) is 4.88. The normalized spacial score (nSPS) is 22.6. The second-order valence-corrected chi connectivity index (χ2v) is 7.85. The Bertz CT molecular complexity index is 654. The molecule has 0 bridgehead atoms. The Balaban J connectivity index is 2.17. The molecule has 1 aromatic rings. The molecule has 22 heavy (non-hydrogen) atoms. The third-order valence-corrected chi connectivity index (χ3v) is 6.07. The predicted molar refractivity (Wildman–Crippen MR) is 82.9 cm³/mol. The Hall–Kier alpha value is -1.45. The molecule has 0 radical (unpaired) electrons. The topological polar surface area (TPSA) is 61.2 Å². The number of hydrogen-bond donors (Lipinski definition) is 0. The van der Waals surface area contributed by atoms with Gasteiger partial charge in [-0.3, -0.25) is 0 Å². The highest BCUT2D eigenvalue weighted by Crippen LogP contribution is 2.39. The Kier molecular flexibility index (Phi) is 5.54. The minimum absolute atomic E-state index is 0.0488. The van der Waals surface area contributed by atoms with E-state index in [1.807, 2.05) is 13.0 Å². The van der Waals surface area contributed by atoms with E-state index >= 15 is 0 Å². The molecule has 120 valence electrons. The molecule has 0 aromatic heterocycles. The molecule has 1 heterocycles. The molecule has 2 atom stereocenters. The van der Waals surface area contributed by atoms with Gasteiger partial charge < -0.3 is 0 Å². The molecule has 1 aliphatic heterocycles. The van der Waals surface area contributed by atoms with Crippen LogP contribution in [0.15, 0.2) is 24.3 Å². The molecule has 0 amide bonds. The van der Waals surface area contributed by atoms with Crippen LogP contribution in [0, 0.1) is 23.1 Å². The second-order valence-electron chi connectivity index (χ2n) is 5.81. The quantitative estimate of drug-likeness (QED) is 0.755. The maximum atomic E-state index is 13.5. The van der Waals surface area contributed by atoms with Crippen LogP contribution in [0.4, 0.5) is 4.39 Å². The summed E-state index contributed by atoms with van der Waals surface area (Å²) in [5.41, 5.74) is 0.714. The van der Waals surface area contributed by atoms with Crippen molar-refractivity contribution in [1.82, 2.24) is 4.31 Å². The van der Waals surface area contributed by atoms with Crippen molar-refractivity contribution in [3.63, 3.8) is 0 Å². The Morgan fingerprint density at radius 2 is 2.18 bits per heavy atom. The minimum atomic E-state index is -3.38. The van der Waals surface area contributed by atoms with Crippen LogP contribution in [0.3, 0.4) is 0 Å². The predicted octanol–water partition coefficient (Wildman–Crippen LogP) is 3.23. The van der Waals surface area contributed by atoms with Crippen molar-refractivity contribution in [2.45, 2.75) is 38.6 Å². The molecule has 1 saturated heterocycles. The first kappa shape index (κ1) is 16.9. The van der Waals surface area contributed by atoms with Crippen molar-refractivity contribution in [1.29, 1.82) is 5.26 Å². The summed E-state index contributed by atoms with van der Waals surface area (Å²) >= 11 is 0. The van der Waals surface area contributed by atoms with Crippen LogP contribution in [0.5, 0.6) is 0 Å². The summed E-state index contributed by atoms with van der Waals surface area (Å²) in [4.78, 5) is 0. The number of sulfonamides is 1. The van der Waals surface area contributed by atoms with Gasteiger partial charge in [-0.1, -0.05) is 19.1 Å². The number of halogens is 1. The van der Waals surface area contributed by atoms with Gasteiger partial charge in [0.05, 0.1) is 17.9 Å². The molecule has 0 saturated carbocycles. The van der Waals surface area contributed by atoms with Gasteiger partial charge in [-0.05, 0) is 42.9 Å². The number of hydrogen-bond acceptors (Lipinski definition) is 3. The van der Waals surface area contributed by atoms with Crippen LogP contribution >= 0.6 is 0 Å². The molecule has 0 unspecified atom stereocenters. The van der Waals surface area contributed by atoms with Crippen molar-refractivity contribution in [2.75, 3.05) is 12.3 Å². The van der Waals surface area contributed by atoms with E-state index in [9.17, 15) is 12.8 Å². The lowest BCUT2D eigenvalue weighted by molar-refractivity contribution is 0.355. The highest BCUT2D eigenvalue weighted by molar-refractivity contribution is 7.89. The van der Waals surface area contributed by atoms with Gasteiger partial charge in [-0.15, -0.1) is 0 Å². The molecule has 0 aliphatic carbocycles. The van der Waals surface area contributed by atoms with Gasteiger partial charge in [-0.2, -0.15) is 9.57 Å². The fraction of sp³-hybridized carbons (Fsp3) is 0.562. The lowest BCUT2D eigenvalue weighted by atomic mass is 9.96. The molecule has 4 nitrogen and oxygen atoms in total. The summed E-state index contributed by atoms with van der Waals surface area (Å²) in [7, 11) is -3.38. The third-order valence-electron chi connectivity index (χ3n) is 4.14. The average Bonchev–Trinajstić information content (AvgIpc) is 2.86. The van der Waals surface area contributed by atoms with Crippen molar-refractivity contribution >= 4 is 10.0 Å². The zero-order valence-corrected chi connectivity index (χ0v) is 13.5. The lowest BCUT2D eigenvalue weighted by Gasteiger charge is -2.27. The van der Waals surface area contributed by atoms with Gasteiger partial charge >= 0.3 is 0 Å². The SMILES string of the molecule is C[C@@H]1CCN(S(=O)(=O)CCCCC#N)[C@@H]1c1cccc(F)c1. The maximum Gasteiger partial charge on any atom is 0.214 e. The molecule has 1 aromatic carbocycles. The van der Waals surface area contributed by atoms with Crippen LogP contribution in [0.2, 0.25) is 0 Å². The van der Waals surface area contributed by atoms with E-state index in [1.165, 1.54) is 16.4 Å². The van der Waals surface area contributed by atoms with Crippen molar-refractivity contribution in [3.05, 3.63) is 35.6 Å². The van der Waals surface area contributed by atoms with E-state index in [1.54, 1.807) is 12.1 Å². The summed E-state index contributed by atoms with van der Waals surface area (Å²) in [5.74, 6) is -0.133. The molecule has 2 rings (SSSR count). The molecule has 1 aliphatic rings. The van der Waals surface area contributed by atoms with E-state index < -0.39 is 10.0 Å². The van der Waals surface area contributed by atoms with E-state index in [4.69, 9.17) is 5.26 Å².